The predicted molar refractivity (Wildman–Crippen MR) is 88.3 cm³/mol. The number of methoxy groups -OCH3 is 1. The molecule has 5 nitrogen and oxygen atoms in total. The van der Waals surface area contributed by atoms with Gasteiger partial charge in [0.25, 0.3) is 5.91 Å². The van der Waals surface area contributed by atoms with Crippen LogP contribution in [-0.2, 0) is 11.3 Å². The van der Waals surface area contributed by atoms with Crippen LogP contribution in [0.2, 0.25) is 0 Å². The molecule has 0 atom stereocenters. The van der Waals surface area contributed by atoms with Gasteiger partial charge < -0.3 is 14.2 Å². The molecule has 1 fully saturated rings. The van der Waals surface area contributed by atoms with Gasteiger partial charge in [0, 0.05) is 44.7 Å². The van der Waals surface area contributed by atoms with E-state index in [-0.39, 0.29) is 11.5 Å². The van der Waals surface area contributed by atoms with Crippen LogP contribution < -0.4 is 0 Å². The standard InChI is InChI=1S/C18H23N3O2/c1-18(23-2)6-9-21(10-7-18)17(22)16-5-3-4-15(12-16)13-20-11-8-19-14-20/h3-5,8,11-12,14H,6-7,9-10,13H2,1-2H3. The van der Waals surface area contributed by atoms with Crippen molar-refractivity contribution in [1.82, 2.24) is 14.5 Å². The van der Waals surface area contributed by atoms with Crippen LogP contribution >= 0.6 is 0 Å². The van der Waals surface area contributed by atoms with E-state index in [1.165, 1.54) is 0 Å². The fourth-order valence-electron chi connectivity index (χ4n) is 2.96. The number of carbonyl (C=O) groups is 1. The lowest BCUT2D eigenvalue weighted by Crippen LogP contribution is -2.46. The predicted octanol–water partition coefficient (Wildman–Crippen LogP) is 2.57. The lowest BCUT2D eigenvalue weighted by atomic mass is 9.93. The molecule has 0 N–H and O–H groups in total. The maximum atomic E-state index is 12.7. The molecular formula is C18H23N3O2. The number of imidazole rings is 1. The number of benzene rings is 1. The number of amides is 1. The molecule has 0 bridgehead atoms. The van der Waals surface area contributed by atoms with Gasteiger partial charge in [-0.15, -0.1) is 0 Å². The molecule has 0 aliphatic carbocycles. The summed E-state index contributed by atoms with van der Waals surface area (Å²) in [6, 6.07) is 7.86. The summed E-state index contributed by atoms with van der Waals surface area (Å²) in [6.45, 7) is 4.33. The highest BCUT2D eigenvalue weighted by Crippen LogP contribution is 2.26. The lowest BCUT2D eigenvalue weighted by Gasteiger charge is -2.38. The van der Waals surface area contributed by atoms with Crippen molar-refractivity contribution in [1.29, 1.82) is 0 Å². The van der Waals surface area contributed by atoms with E-state index < -0.39 is 0 Å². The van der Waals surface area contributed by atoms with Crippen molar-refractivity contribution < 1.29 is 9.53 Å². The lowest BCUT2D eigenvalue weighted by molar-refractivity contribution is -0.0379. The molecule has 0 unspecified atom stereocenters. The minimum Gasteiger partial charge on any atom is -0.378 e. The Morgan fingerprint density at radius 3 is 2.78 bits per heavy atom. The van der Waals surface area contributed by atoms with E-state index in [0.717, 1.165) is 43.6 Å². The van der Waals surface area contributed by atoms with Crippen LogP contribution in [-0.4, -0.2) is 46.2 Å². The number of carbonyl (C=O) groups excluding carboxylic acids is 1. The van der Waals surface area contributed by atoms with Crippen molar-refractivity contribution in [3.63, 3.8) is 0 Å². The molecule has 1 aromatic carbocycles. The summed E-state index contributed by atoms with van der Waals surface area (Å²) in [6.07, 6.45) is 7.22. The molecule has 3 rings (SSSR count). The summed E-state index contributed by atoms with van der Waals surface area (Å²) in [4.78, 5) is 18.7. The van der Waals surface area contributed by atoms with Crippen LogP contribution in [0.25, 0.3) is 0 Å². The molecule has 0 radical (unpaired) electrons. The SMILES string of the molecule is COC1(C)CCN(C(=O)c2cccc(Cn3ccnc3)c2)CC1. The van der Waals surface area contributed by atoms with Gasteiger partial charge in [-0.25, -0.2) is 4.98 Å². The number of hydrogen-bond acceptors (Lipinski definition) is 3. The number of rotatable bonds is 4. The van der Waals surface area contributed by atoms with Crippen LogP contribution in [0, 0.1) is 0 Å². The minimum absolute atomic E-state index is 0.0972. The van der Waals surface area contributed by atoms with Crippen molar-refractivity contribution >= 4 is 5.91 Å². The number of piperidine rings is 1. The first-order chi connectivity index (χ1) is 11.1. The Morgan fingerprint density at radius 1 is 1.35 bits per heavy atom. The second-order valence-corrected chi connectivity index (χ2v) is 6.38. The molecule has 1 aliphatic heterocycles. The van der Waals surface area contributed by atoms with E-state index in [4.69, 9.17) is 4.74 Å². The molecule has 1 amide bonds. The van der Waals surface area contributed by atoms with Crippen LogP contribution in [0.15, 0.2) is 43.0 Å². The van der Waals surface area contributed by atoms with Crippen LogP contribution in [0.1, 0.15) is 35.7 Å². The summed E-state index contributed by atoms with van der Waals surface area (Å²) in [5.41, 5.74) is 1.76. The molecule has 2 aromatic rings. The van der Waals surface area contributed by atoms with E-state index in [9.17, 15) is 4.79 Å². The number of nitrogens with zero attached hydrogens (tertiary/aromatic N) is 3. The molecule has 0 saturated carbocycles. The molecule has 122 valence electrons. The molecule has 23 heavy (non-hydrogen) atoms. The van der Waals surface area contributed by atoms with Gasteiger partial charge in [0.05, 0.1) is 11.9 Å². The number of ether oxygens (including phenoxy) is 1. The zero-order chi connectivity index (χ0) is 16.3. The van der Waals surface area contributed by atoms with E-state index in [1.807, 2.05) is 39.9 Å². The molecule has 0 spiro atoms. The Labute approximate surface area is 136 Å². The largest absolute Gasteiger partial charge is 0.378 e. The summed E-state index contributed by atoms with van der Waals surface area (Å²) in [5.74, 6) is 0.107. The average molecular weight is 313 g/mol. The topological polar surface area (TPSA) is 47.4 Å². The third-order valence-corrected chi connectivity index (χ3v) is 4.70. The van der Waals surface area contributed by atoms with Crippen molar-refractivity contribution in [2.75, 3.05) is 20.2 Å². The third-order valence-electron chi connectivity index (χ3n) is 4.70. The van der Waals surface area contributed by atoms with Crippen LogP contribution in [0.4, 0.5) is 0 Å². The molecule has 5 heteroatoms. The average Bonchev–Trinajstić information content (AvgIpc) is 3.08. The second kappa shape index (κ2) is 6.54. The Morgan fingerprint density at radius 2 is 2.13 bits per heavy atom. The van der Waals surface area contributed by atoms with Crippen LogP contribution in [0.3, 0.4) is 0 Å². The van der Waals surface area contributed by atoms with E-state index in [2.05, 4.69) is 11.9 Å². The highest BCUT2D eigenvalue weighted by molar-refractivity contribution is 5.94. The first kappa shape index (κ1) is 15.7. The van der Waals surface area contributed by atoms with Crippen molar-refractivity contribution in [2.24, 2.45) is 0 Å². The summed E-state index contributed by atoms with van der Waals surface area (Å²) in [7, 11) is 1.75. The van der Waals surface area contributed by atoms with Gasteiger partial charge in [-0.3, -0.25) is 4.79 Å². The van der Waals surface area contributed by atoms with Gasteiger partial charge in [-0.05, 0) is 37.5 Å². The Balaban J connectivity index is 1.68. The van der Waals surface area contributed by atoms with Crippen LogP contribution in [0.5, 0.6) is 0 Å². The van der Waals surface area contributed by atoms with Gasteiger partial charge in [0.2, 0.25) is 0 Å². The molecule has 1 aliphatic rings. The van der Waals surface area contributed by atoms with Crippen molar-refractivity contribution in [3.05, 3.63) is 54.1 Å². The Bertz CT molecular complexity index is 659. The summed E-state index contributed by atoms with van der Waals surface area (Å²) in [5, 5.41) is 0. The van der Waals surface area contributed by atoms with E-state index >= 15 is 0 Å². The Hall–Kier alpha value is -2.14. The van der Waals surface area contributed by atoms with Gasteiger partial charge in [0.15, 0.2) is 0 Å². The number of aromatic nitrogens is 2. The zero-order valence-electron chi connectivity index (χ0n) is 13.7. The first-order valence-electron chi connectivity index (χ1n) is 7.99. The van der Waals surface area contributed by atoms with E-state index in [1.54, 1.807) is 19.6 Å². The number of hydrogen-bond donors (Lipinski definition) is 0. The van der Waals surface area contributed by atoms with Crippen molar-refractivity contribution in [3.8, 4) is 0 Å². The zero-order valence-corrected chi connectivity index (χ0v) is 13.7. The monoisotopic (exact) mass is 313 g/mol. The highest BCUT2D eigenvalue weighted by atomic mass is 16.5. The van der Waals surface area contributed by atoms with Gasteiger partial charge in [-0.1, -0.05) is 12.1 Å². The highest BCUT2D eigenvalue weighted by Gasteiger charge is 2.31. The fraction of sp³-hybridized carbons (Fsp3) is 0.444. The molecule has 1 saturated heterocycles. The minimum atomic E-state index is -0.0972. The molecule has 2 heterocycles. The molecular weight excluding hydrogens is 290 g/mol. The first-order valence-corrected chi connectivity index (χ1v) is 7.99. The van der Waals surface area contributed by atoms with Gasteiger partial charge in [-0.2, -0.15) is 0 Å². The van der Waals surface area contributed by atoms with Gasteiger partial charge >= 0.3 is 0 Å². The van der Waals surface area contributed by atoms with E-state index in [0.29, 0.717) is 0 Å². The maximum Gasteiger partial charge on any atom is 0.253 e. The third kappa shape index (κ3) is 3.62. The normalized spacial score (nSPS) is 17.2. The summed E-state index contributed by atoms with van der Waals surface area (Å²) >= 11 is 0. The molecule has 1 aromatic heterocycles. The number of likely N-dealkylation sites (tertiary alicyclic amines) is 1. The van der Waals surface area contributed by atoms with Gasteiger partial charge in [0.1, 0.15) is 0 Å². The smallest absolute Gasteiger partial charge is 0.253 e. The second-order valence-electron chi connectivity index (χ2n) is 6.38. The Kier molecular flexibility index (Phi) is 4.48. The quantitative estimate of drug-likeness (QED) is 0.871. The summed E-state index contributed by atoms with van der Waals surface area (Å²) < 4.78 is 7.54. The maximum absolute atomic E-state index is 12.7. The fourth-order valence-corrected chi connectivity index (χ4v) is 2.96. The van der Waals surface area contributed by atoms with Crippen molar-refractivity contribution in [2.45, 2.75) is 31.9 Å².